The fourth-order valence-corrected chi connectivity index (χ4v) is 5.47. The molecule has 0 unspecified atom stereocenters. The Hall–Kier alpha value is -2.39. The maximum Gasteiger partial charge on any atom is 0.262 e. The molecule has 2 aliphatic heterocycles. The van der Waals surface area contributed by atoms with Crippen LogP contribution in [0.1, 0.15) is 23.2 Å². The van der Waals surface area contributed by atoms with Crippen LogP contribution in [0.2, 0.25) is 0 Å². The van der Waals surface area contributed by atoms with Crippen LogP contribution in [0.15, 0.2) is 47.4 Å². The number of hydrogen-bond donors (Lipinski definition) is 2. The minimum absolute atomic E-state index is 0.0428. The van der Waals surface area contributed by atoms with Gasteiger partial charge >= 0.3 is 0 Å². The van der Waals surface area contributed by atoms with Crippen molar-refractivity contribution < 1.29 is 22.7 Å². The van der Waals surface area contributed by atoms with Gasteiger partial charge in [0.25, 0.3) is 15.9 Å². The summed E-state index contributed by atoms with van der Waals surface area (Å²) in [6.45, 7) is 0.798. The van der Waals surface area contributed by atoms with E-state index in [1.165, 1.54) is 12.1 Å². The lowest BCUT2D eigenvalue weighted by atomic mass is 10.1. The van der Waals surface area contributed by atoms with Gasteiger partial charge in [-0.1, -0.05) is 12.1 Å². The third-order valence-electron chi connectivity index (χ3n) is 4.80. The van der Waals surface area contributed by atoms with Gasteiger partial charge in [-0.05, 0) is 48.6 Å². The van der Waals surface area contributed by atoms with E-state index in [0.717, 1.165) is 24.3 Å². The Bertz CT molecular complexity index is 1000. The second-order valence-corrected chi connectivity index (χ2v) is 9.72. The molecule has 2 aromatic carbocycles. The van der Waals surface area contributed by atoms with E-state index in [-0.39, 0.29) is 22.5 Å². The maximum absolute atomic E-state index is 12.9. The average Bonchev–Trinajstić information content (AvgIpc) is 2.74. The molecule has 1 amide bonds. The number of rotatable bonds is 5. The first kappa shape index (κ1) is 19.9. The standard InChI is InChI=1S/C20H22N2O5S2/c23-20(21-14-7-11-28-12-8-14)16-3-1-2-4-17(16)22-29(24,25)15-5-6-18-19(13-15)27-10-9-26-18/h1-6,13-14,22H,7-12H2,(H,21,23). The molecule has 7 nitrogen and oxygen atoms in total. The van der Waals surface area contributed by atoms with Gasteiger partial charge in [0.05, 0.1) is 16.1 Å². The predicted octanol–water partition coefficient (Wildman–Crippen LogP) is 2.88. The highest BCUT2D eigenvalue weighted by Crippen LogP contribution is 2.33. The molecule has 0 saturated carbocycles. The van der Waals surface area contributed by atoms with Crippen molar-refractivity contribution in [2.75, 3.05) is 29.4 Å². The molecule has 0 spiro atoms. The van der Waals surface area contributed by atoms with E-state index >= 15 is 0 Å². The molecule has 9 heteroatoms. The summed E-state index contributed by atoms with van der Waals surface area (Å²) in [6, 6.07) is 11.2. The van der Waals surface area contributed by atoms with E-state index in [2.05, 4.69) is 10.0 Å². The lowest BCUT2D eigenvalue weighted by Gasteiger charge is -2.23. The van der Waals surface area contributed by atoms with E-state index in [4.69, 9.17) is 9.47 Å². The number of carbonyl (C=O) groups excluding carboxylic acids is 1. The Morgan fingerprint density at radius 3 is 2.52 bits per heavy atom. The lowest BCUT2D eigenvalue weighted by Crippen LogP contribution is -2.37. The van der Waals surface area contributed by atoms with Crippen molar-refractivity contribution in [3.63, 3.8) is 0 Å². The highest BCUT2D eigenvalue weighted by Gasteiger charge is 2.23. The third-order valence-corrected chi connectivity index (χ3v) is 7.21. The summed E-state index contributed by atoms with van der Waals surface area (Å²) >= 11 is 1.88. The Morgan fingerprint density at radius 1 is 1.00 bits per heavy atom. The zero-order valence-electron chi connectivity index (χ0n) is 15.7. The number of anilines is 1. The van der Waals surface area contributed by atoms with Gasteiger partial charge in [0, 0.05) is 12.1 Å². The van der Waals surface area contributed by atoms with Crippen LogP contribution < -0.4 is 19.5 Å². The van der Waals surface area contributed by atoms with Crippen molar-refractivity contribution >= 4 is 33.4 Å². The highest BCUT2D eigenvalue weighted by molar-refractivity contribution is 7.99. The molecule has 0 aromatic heterocycles. The van der Waals surface area contributed by atoms with Crippen molar-refractivity contribution in [3.05, 3.63) is 48.0 Å². The lowest BCUT2D eigenvalue weighted by molar-refractivity contribution is 0.0935. The van der Waals surface area contributed by atoms with Crippen LogP contribution in [0.25, 0.3) is 0 Å². The van der Waals surface area contributed by atoms with Crippen LogP contribution >= 0.6 is 11.8 Å². The Balaban J connectivity index is 1.55. The first-order chi connectivity index (χ1) is 14.0. The zero-order chi connectivity index (χ0) is 20.3. The minimum atomic E-state index is -3.90. The Morgan fingerprint density at radius 2 is 1.72 bits per heavy atom. The minimum Gasteiger partial charge on any atom is -0.486 e. The monoisotopic (exact) mass is 434 g/mol. The van der Waals surface area contributed by atoms with Crippen molar-refractivity contribution in [2.45, 2.75) is 23.8 Å². The molecule has 2 N–H and O–H groups in total. The maximum atomic E-state index is 12.9. The van der Waals surface area contributed by atoms with Crippen LogP contribution in [-0.4, -0.2) is 45.1 Å². The van der Waals surface area contributed by atoms with Crippen LogP contribution in [-0.2, 0) is 10.0 Å². The average molecular weight is 435 g/mol. The van der Waals surface area contributed by atoms with Crippen molar-refractivity contribution in [2.24, 2.45) is 0 Å². The molecule has 0 radical (unpaired) electrons. The second-order valence-electron chi connectivity index (χ2n) is 6.82. The summed E-state index contributed by atoms with van der Waals surface area (Å²) in [6.07, 6.45) is 1.84. The molecule has 1 fully saturated rings. The number of hydrogen-bond acceptors (Lipinski definition) is 6. The van der Waals surface area contributed by atoms with Gasteiger partial charge in [0.15, 0.2) is 11.5 Å². The smallest absolute Gasteiger partial charge is 0.262 e. The fourth-order valence-electron chi connectivity index (χ4n) is 3.27. The van der Waals surface area contributed by atoms with E-state index in [9.17, 15) is 13.2 Å². The van der Waals surface area contributed by atoms with E-state index in [1.807, 2.05) is 11.8 Å². The largest absolute Gasteiger partial charge is 0.486 e. The molecule has 0 atom stereocenters. The molecule has 29 heavy (non-hydrogen) atoms. The molecular formula is C20H22N2O5S2. The van der Waals surface area contributed by atoms with E-state index in [1.54, 1.807) is 30.3 Å². The summed E-state index contributed by atoms with van der Waals surface area (Å²) in [7, 11) is -3.90. The Kier molecular flexibility index (Phi) is 5.86. The highest BCUT2D eigenvalue weighted by atomic mass is 32.2. The quantitative estimate of drug-likeness (QED) is 0.752. The van der Waals surface area contributed by atoms with Crippen molar-refractivity contribution in [1.82, 2.24) is 5.32 Å². The summed E-state index contributed by atoms with van der Waals surface area (Å²) in [5.41, 5.74) is 0.539. The van der Waals surface area contributed by atoms with E-state index in [0.29, 0.717) is 30.3 Å². The number of sulfonamides is 1. The molecule has 1 saturated heterocycles. The van der Waals surface area contributed by atoms with Gasteiger partial charge in [0.2, 0.25) is 0 Å². The molecule has 0 aliphatic carbocycles. The molecule has 154 valence electrons. The fraction of sp³-hybridized carbons (Fsp3) is 0.350. The number of fused-ring (bicyclic) bond motifs is 1. The van der Waals surface area contributed by atoms with Crippen LogP contribution in [0.5, 0.6) is 11.5 Å². The van der Waals surface area contributed by atoms with Gasteiger partial charge in [0.1, 0.15) is 13.2 Å². The van der Waals surface area contributed by atoms with Gasteiger partial charge in [-0.15, -0.1) is 0 Å². The van der Waals surface area contributed by atoms with Gasteiger partial charge < -0.3 is 14.8 Å². The first-order valence-corrected chi connectivity index (χ1v) is 12.1. The third kappa shape index (κ3) is 4.62. The van der Waals surface area contributed by atoms with Gasteiger partial charge in [-0.25, -0.2) is 8.42 Å². The van der Waals surface area contributed by atoms with Crippen molar-refractivity contribution in [1.29, 1.82) is 0 Å². The number of amides is 1. The SMILES string of the molecule is O=C(NC1CCSCC1)c1ccccc1NS(=O)(=O)c1ccc2c(c1)OCCO2. The van der Waals surface area contributed by atoms with Crippen LogP contribution in [0.4, 0.5) is 5.69 Å². The molecular weight excluding hydrogens is 412 g/mol. The Labute approximate surface area is 174 Å². The molecule has 2 heterocycles. The number of benzene rings is 2. The second kappa shape index (κ2) is 8.54. The zero-order valence-corrected chi connectivity index (χ0v) is 17.4. The van der Waals surface area contributed by atoms with Crippen LogP contribution in [0.3, 0.4) is 0 Å². The molecule has 2 aromatic rings. The summed E-state index contributed by atoms with van der Waals surface area (Å²) in [5, 5.41) is 3.02. The number of thioether (sulfide) groups is 1. The summed E-state index contributed by atoms with van der Waals surface area (Å²) in [4.78, 5) is 12.8. The van der Waals surface area contributed by atoms with Gasteiger partial charge in [-0.2, -0.15) is 11.8 Å². The first-order valence-electron chi connectivity index (χ1n) is 9.43. The molecule has 4 rings (SSSR count). The predicted molar refractivity (Wildman–Crippen MR) is 112 cm³/mol. The molecule has 0 bridgehead atoms. The topological polar surface area (TPSA) is 93.7 Å². The summed E-state index contributed by atoms with van der Waals surface area (Å²) < 4.78 is 39.3. The van der Waals surface area contributed by atoms with Crippen molar-refractivity contribution in [3.8, 4) is 11.5 Å². The number of nitrogens with one attached hydrogen (secondary N) is 2. The number of carbonyl (C=O) groups is 1. The number of para-hydroxylation sites is 1. The van der Waals surface area contributed by atoms with Gasteiger partial charge in [-0.3, -0.25) is 9.52 Å². The number of ether oxygens (including phenoxy) is 2. The van der Waals surface area contributed by atoms with Crippen LogP contribution in [0, 0.1) is 0 Å². The summed E-state index contributed by atoms with van der Waals surface area (Å²) in [5.74, 6) is 2.66. The normalized spacial score (nSPS) is 16.8. The molecule has 2 aliphatic rings. The van der Waals surface area contributed by atoms with E-state index < -0.39 is 10.0 Å².